The van der Waals surface area contributed by atoms with E-state index in [9.17, 15) is 9.59 Å². The summed E-state index contributed by atoms with van der Waals surface area (Å²) in [6.45, 7) is 2.39. The van der Waals surface area contributed by atoms with Gasteiger partial charge < -0.3 is 14.6 Å². The van der Waals surface area contributed by atoms with Crippen molar-refractivity contribution in [2.75, 3.05) is 6.61 Å². The van der Waals surface area contributed by atoms with Gasteiger partial charge >= 0.3 is 6.03 Å². The highest BCUT2D eigenvalue weighted by molar-refractivity contribution is 6.06. The number of benzene rings is 1. The number of urea groups is 1. The van der Waals surface area contributed by atoms with Crippen LogP contribution in [0.3, 0.4) is 0 Å². The molecular weight excluding hydrogens is 348 g/mol. The Kier molecular flexibility index (Phi) is 4.55. The monoisotopic (exact) mass is 370 g/mol. The quantitative estimate of drug-likeness (QED) is 0.813. The number of carbonyl (C=O) groups is 2. The second kappa shape index (κ2) is 7.02. The van der Waals surface area contributed by atoms with Crippen molar-refractivity contribution in [1.82, 2.24) is 20.4 Å². The van der Waals surface area contributed by atoms with Crippen LogP contribution in [0.1, 0.15) is 44.9 Å². The van der Waals surface area contributed by atoms with Crippen LogP contribution in [0.4, 0.5) is 4.79 Å². The summed E-state index contributed by atoms with van der Waals surface area (Å²) in [6, 6.07) is 7.00. The molecule has 8 heteroatoms. The molecule has 4 rings (SSSR count). The highest BCUT2D eigenvalue weighted by atomic mass is 16.5. The number of nitrogens with zero attached hydrogens (tertiary/aromatic N) is 3. The maximum atomic E-state index is 12.8. The molecule has 0 atom stereocenters. The van der Waals surface area contributed by atoms with Crippen molar-refractivity contribution >= 4 is 11.9 Å². The summed E-state index contributed by atoms with van der Waals surface area (Å²) in [4.78, 5) is 30.7. The maximum absolute atomic E-state index is 12.8. The number of amides is 3. The molecule has 8 nitrogen and oxygen atoms in total. The SMILES string of the molecule is CCOc1ccccc1-c1noc(CN2C(=O)NC3(CCCCC3)C2=O)n1. The van der Waals surface area contributed by atoms with Crippen LogP contribution in [0.5, 0.6) is 5.75 Å². The molecule has 3 amide bonds. The second-order valence-corrected chi connectivity index (χ2v) is 6.91. The zero-order valence-corrected chi connectivity index (χ0v) is 15.2. The zero-order chi connectivity index (χ0) is 18.9. The molecular formula is C19H22N4O4. The first kappa shape index (κ1) is 17.5. The van der Waals surface area contributed by atoms with E-state index in [2.05, 4.69) is 15.5 Å². The lowest BCUT2D eigenvalue weighted by atomic mass is 9.82. The molecule has 1 N–H and O–H groups in total. The number of nitrogens with one attached hydrogen (secondary N) is 1. The number of carbonyl (C=O) groups excluding carboxylic acids is 2. The molecule has 0 bridgehead atoms. The third-order valence-corrected chi connectivity index (χ3v) is 5.14. The van der Waals surface area contributed by atoms with Gasteiger partial charge in [0.2, 0.25) is 11.7 Å². The Morgan fingerprint density at radius 1 is 1.22 bits per heavy atom. The molecule has 0 radical (unpaired) electrons. The predicted molar refractivity (Wildman–Crippen MR) is 95.8 cm³/mol. The van der Waals surface area contributed by atoms with E-state index in [0.717, 1.165) is 19.3 Å². The van der Waals surface area contributed by atoms with E-state index < -0.39 is 11.6 Å². The van der Waals surface area contributed by atoms with Crippen LogP contribution in [-0.4, -0.2) is 39.1 Å². The van der Waals surface area contributed by atoms with E-state index in [0.29, 0.717) is 36.6 Å². The number of hydrogen-bond acceptors (Lipinski definition) is 6. The van der Waals surface area contributed by atoms with Gasteiger partial charge in [-0.3, -0.25) is 9.69 Å². The number of imide groups is 1. The summed E-state index contributed by atoms with van der Waals surface area (Å²) in [6.07, 6.45) is 4.35. The minimum absolute atomic E-state index is 0.0315. The van der Waals surface area contributed by atoms with E-state index in [4.69, 9.17) is 9.26 Å². The van der Waals surface area contributed by atoms with Gasteiger partial charge in [0.05, 0.1) is 12.2 Å². The Balaban J connectivity index is 1.53. The van der Waals surface area contributed by atoms with Crippen LogP contribution in [-0.2, 0) is 11.3 Å². The largest absolute Gasteiger partial charge is 0.493 e. The molecule has 1 aliphatic carbocycles. The Morgan fingerprint density at radius 2 is 2.00 bits per heavy atom. The first-order valence-corrected chi connectivity index (χ1v) is 9.32. The normalized spacial score (nSPS) is 18.8. The van der Waals surface area contributed by atoms with Crippen LogP contribution < -0.4 is 10.1 Å². The number of rotatable bonds is 5. The molecule has 0 unspecified atom stereocenters. The lowest BCUT2D eigenvalue weighted by Crippen LogP contribution is -2.48. The van der Waals surface area contributed by atoms with Crippen LogP contribution in [0.25, 0.3) is 11.4 Å². The highest BCUT2D eigenvalue weighted by Gasteiger charge is 2.51. The zero-order valence-electron chi connectivity index (χ0n) is 15.2. The summed E-state index contributed by atoms with van der Waals surface area (Å²) in [7, 11) is 0. The number of aromatic nitrogens is 2. The lowest BCUT2D eigenvalue weighted by molar-refractivity contribution is -0.133. The summed E-state index contributed by atoms with van der Waals surface area (Å²) < 4.78 is 10.9. The fourth-order valence-electron chi connectivity index (χ4n) is 3.81. The minimum atomic E-state index is -0.750. The van der Waals surface area contributed by atoms with Crippen molar-refractivity contribution < 1.29 is 18.8 Å². The maximum Gasteiger partial charge on any atom is 0.325 e. The minimum Gasteiger partial charge on any atom is -0.493 e. The van der Waals surface area contributed by atoms with Gasteiger partial charge in [-0.25, -0.2) is 4.79 Å². The third-order valence-electron chi connectivity index (χ3n) is 5.14. The van der Waals surface area contributed by atoms with E-state index >= 15 is 0 Å². The standard InChI is InChI=1S/C19H22N4O4/c1-2-26-14-9-5-4-8-13(14)16-20-15(27-22-16)12-23-17(24)19(21-18(23)25)10-6-3-7-11-19/h4-5,8-9H,2-3,6-7,10-12H2,1H3,(H,21,25). The van der Waals surface area contributed by atoms with E-state index in [1.165, 1.54) is 4.90 Å². The molecule has 27 heavy (non-hydrogen) atoms. The van der Waals surface area contributed by atoms with Gasteiger partial charge in [0.25, 0.3) is 5.91 Å². The number of para-hydroxylation sites is 1. The summed E-state index contributed by atoms with van der Waals surface area (Å²) in [5, 5.41) is 6.87. The van der Waals surface area contributed by atoms with E-state index in [1.54, 1.807) is 0 Å². The van der Waals surface area contributed by atoms with Crippen molar-refractivity contribution in [2.45, 2.75) is 51.1 Å². The number of ether oxygens (including phenoxy) is 1. The average Bonchev–Trinajstić information content (AvgIpc) is 3.23. The lowest BCUT2D eigenvalue weighted by Gasteiger charge is -2.30. The molecule has 2 aliphatic rings. The Labute approximate surface area is 156 Å². The van der Waals surface area contributed by atoms with Crippen molar-refractivity contribution in [3.63, 3.8) is 0 Å². The van der Waals surface area contributed by atoms with Gasteiger partial charge in [0, 0.05) is 0 Å². The van der Waals surface area contributed by atoms with Crippen molar-refractivity contribution in [3.05, 3.63) is 30.2 Å². The molecule has 1 saturated heterocycles. The summed E-state index contributed by atoms with van der Waals surface area (Å²) >= 11 is 0. The van der Waals surface area contributed by atoms with Crippen molar-refractivity contribution in [1.29, 1.82) is 0 Å². The molecule has 1 aliphatic heterocycles. The van der Waals surface area contributed by atoms with Gasteiger partial charge in [-0.15, -0.1) is 0 Å². The van der Waals surface area contributed by atoms with Crippen LogP contribution >= 0.6 is 0 Å². The van der Waals surface area contributed by atoms with Crippen LogP contribution in [0.2, 0.25) is 0 Å². The molecule has 2 heterocycles. The first-order chi connectivity index (χ1) is 13.1. The van der Waals surface area contributed by atoms with Gasteiger partial charge in [0.1, 0.15) is 17.8 Å². The first-order valence-electron chi connectivity index (χ1n) is 9.32. The molecule has 2 aromatic rings. The fraction of sp³-hybridized carbons (Fsp3) is 0.474. The van der Waals surface area contributed by atoms with Gasteiger partial charge in [-0.1, -0.05) is 36.6 Å². The molecule has 142 valence electrons. The molecule has 1 saturated carbocycles. The molecule has 1 spiro atoms. The van der Waals surface area contributed by atoms with E-state index in [1.807, 2.05) is 31.2 Å². The smallest absolute Gasteiger partial charge is 0.325 e. The average molecular weight is 370 g/mol. The highest BCUT2D eigenvalue weighted by Crippen LogP contribution is 2.34. The second-order valence-electron chi connectivity index (χ2n) is 6.91. The van der Waals surface area contributed by atoms with Crippen LogP contribution in [0.15, 0.2) is 28.8 Å². The Hall–Kier alpha value is -2.90. The van der Waals surface area contributed by atoms with Gasteiger partial charge in [-0.2, -0.15) is 4.98 Å². The van der Waals surface area contributed by atoms with Crippen molar-refractivity contribution in [3.8, 4) is 17.1 Å². The fourth-order valence-corrected chi connectivity index (χ4v) is 3.81. The van der Waals surface area contributed by atoms with E-state index in [-0.39, 0.29) is 18.3 Å². The molecule has 2 fully saturated rings. The van der Waals surface area contributed by atoms with Gasteiger partial charge in [-0.05, 0) is 31.9 Å². The Morgan fingerprint density at radius 3 is 2.78 bits per heavy atom. The molecule has 1 aromatic carbocycles. The number of hydrogen-bond donors (Lipinski definition) is 1. The Bertz CT molecular complexity index is 857. The summed E-state index contributed by atoms with van der Waals surface area (Å²) in [5.41, 5.74) is -0.0463. The predicted octanol–water partition coefficient (Wildman–Crippen LogP) is 2.89. The summed E-state index contributed by atoms with van der Waals surface area (Å²) in [5.74, 6) is 1.05. The van der Waals surface area contributed by atoms with Crippen molar-refractivity contribution in [2.24, 2.45) is 0 Å². The topological polar surface area (TPSA) is 97.6 Å². The van der Waals surface area contributed by atoms with Crippen LogP contribution in [0, 0.1) is 0 Å². The van der Waals surface area contributed by atoms with Gasteiger partial charge in [0.15, 0.2) is 0 Å². The third kappa shape index (κ3) is 3.15. The molecule has 1 aromatic heterocycles.